The maximum atomic E-state index is 13.0. The normalized spacial score (nSPS) is 15.9. The van der Waals surface area contributed by atoms with Crippen LogP contribution in [-0.2, 0) is 16.6 Å². The number of nitrogens with zero attached hydrogens (tertiary/aromatic N) is 1. The standard InChI is InChI=1S/C13H19FN2O2S/c1-16(10-11-3-2-4-12(14)9-11)19(17,18)8-7-15-13-5-6-13/h2-4,9,13,15H,5-8,10H2,1H3. The largest absolute Gasteiger partial charge is 0.313 e. The van der Waals surface area contributed by atoms with Gasteiger partial charge in [-0.3, -0.25) is 0 Å². The van der Waals surface area contributed by atoms with Gasteiger partial charge in [0.2, 0.25) is 10.0 Å². The zero-order valence-corrected chi connectivity index (χ0v) is 11.8. The van der Waals surface area contributed by atoms with Crippen molar-refractivity contribution in [3.05, 3.63) is 35.6 Å². The molecule has 0 bridgehead atoms. The molecule has 0 spiro atoms. The van der Waals surface area contributed by atoms with Gasteiger partial charge in [0.1, 0.15) is 5.82 Å². The number of nitrogens with one attached hydrogen (secondary N) is 1. The molecule has 0 aromatic heterocycles. The molecule has 2 rings (SSSR count). The molecule has 0 atom stereocenters. The topological polar surface area (TPSA) is 49.4 Å². The van der Waals surface area contributed by atoms with E-state index < -0.39 is 10.0 Å². The van der Waals surface area contributed by atoms with Crippen LogP contribution in [0.2, 0.25) is 0 Å². The molecule has 0 aliphatic heterocycles. The Hall–Kier alpha value is -0.980. The van der Waals surface area contributed by atoms with Crippen LogP contribution < -0.4 is 5.32 Å². The molecule has 0 saturated heterocycles. The monoisotopic (exact) mass is 286 g/mol. The van der Waals surface area contributed by atoms with Crippen molar-refractivity contribution in [1.29, 1.82) is 0 Å². The Labute approximate surface area is 113 Å². The Morgan fingerprint density at radius 2 is 2.16 bits per heavy atom. The van der Waals surface area contributed by atoms with Gasteiger partial charge in [0.25, 0.3) is 0 Å². The summed E-state index contributed by atoms with van der Waals surface area (Å²) >= 11 is 0. The van der Waals surface area contributed by atoms with Crippen LogP contribution in [0.1, 0.15) is 18.4 Å². The van der Waals surface area contributed by atoms with Crippen molar-refractivity contribution < 1.29 is 12.8 Å². The predicted molar refractivity (Wildman–Crippen MR) is 72.7 cm³/mol. The molecule has 106 valence electrons. The number of benzene rings is 1. The lowest BCUT2D eigenvalue weighted by molar-refractivity contribution is 0.463. The Morgan fingerprint density at radius 3 is 2.79 bits per heavy atom. The van der Waals surface area contributed by atoms with Crippen molar-refractivity contribution in [2.75, 3.05) is 19.3 Å². The van der Waals surface area contributed by atoms with E-state index in [1.54, 1.807) is 12.1 Å². The van der Waals surface area contributed by atoms with Gasteiger partial charge in [0.15, 0.2) is 0 Å². The fraction of sp³-hybridized carbons (Fsp3) is 0.538. The predicted octanol–water partition coefficient (Wildman–Crippen LogP) is 1.34. The number of hydrogen-bond donors (Lipinski definition) is 1. The lowest BCUT2D eigenvalue weighted by Crippen LogP contribution is -2.34. The van der Waals surface area contributed by atoms with Gasteiger partial charge in [-0.25, -0.2) is 17.1 Å². The van der Waals surface area contributed by atoms with E-state index in [9.17, 15) is 12.8 Å². The highest BCUT2D eigenvalue weighted by Gasteiger charge is 2.23. The molecule has 1 aliphatic carbocycles. The Morgan fingerprint density at radius 1 is 1.42 bits per heavy atom. The SMILES string of the molecule is CN(Cc1cccc(F)c1)S(=O)(=O)CCNC1CC1. The first-order valence-electron chi connectivity index (χ1n) is 6.39. The minimum atomic E-state index is -3.29. The molecule has 1 fully saturated rings. The molecule has 19 heavy (non-hydrogen) atoms. The van der Waals surface area contributed by atoms with Crippen molar-refractivity contribution in [2.24, 2.45) is 0 Å². The molecule has 6 heteroatoms. The highest BCUT2D eigenvalue weighted by Crippen LogP contribution is 2.18. The van der Waals surface area contributed by atoms with Crippen LogP contribution in [0.5, 0.6) is 0 Å². The third-order valence-electron chi connectivity index (χ3n) is 3.14. The van der Waals surface area contributed by atoms with E-state index in [-0.39, 0.29) is 18.1 Å². The first-order chi connectivity index (χ1) is 8.97. The smallest absolute Gasteiger partial charge is 0.215 e. The average Bonchev–Trinajstić information content (AvgIpc) is 3.12. The van der Waals surface area contributed by atoms with Gasteiger partial charge in [-0.15, -0.1) is 0 Å². The first-order valence-corrected chi connectivity index (χ1v) is 8.00. The van der Waals surface area contributed by atoms with Crippen LogP contribution in [0.25, 0.3) is 0 Å². The molecule has 4 nitrogen and oxygen atoms in total. The molecular weight excluding hydrogens is 267 g/mol. The summed E-state index contributed by atoms with van der Waals surface area (Å²) in [6.07, 6.45) is 2.28. The van der Waals surface area contributed by atoms with Gasteiger partial charge in [-0.1, -0.05) is 12.1 Å². The molecule has 1 aromatic carbocycles. The van der Waals surface area contributed by atoms with Crippen LogP contribution >= 0.6 is 0 Å². The van der Waals surface area contributed by atoms with Crippen LogP contribution in [-0.4, -0.2) is 38.1 Å². The van der Waals surface area contributed by atoms with Crippen molar-refractivity contribution in [1.82, 2.24) is 9.62 Å². The summed E-state index contributed by atoms with van der Waals surface area (Å²) in [5.41, 5.74) is 0.654. The molecule has 1 saturated carbocycles. The summed E-state index contributed by atoms with van der Waals surface area (Å²) in [6, 6.07) is 6.51. The van der Waals surface area contributed by atoms with E-state index >= 15 is 0 Å². The van der Waals surface area contributed by atoms with Gasteiger partial charge >= 0.3 is 0 Å². The second-order valence-electron chi connectivity index (χ2n) is 4.93. The van der Waals surface area contributed by atoms with Crippen LogP contribution in [0, 0.1) is 5.82 Å². The highest BCUT2D eigenvalue weighted by molar-refractivity contribution is 7.89. The fourth-order valence-electron chi connectivity index (χ4n) is 1.83. The minimum Gasteiger partial charge on any atom is -0.313 e. The van der Waals surface area contributed by atoms with Crippen molar-refractivity contribution in [3.8, 4) is 0 Å². The van der Waals surface area contributed by atoms with E-state index in [4.69, 9.17) is 0 Å². The molecule has 1 aliphatic rings. The zero-order valence-electron chi connectivity index (χ0n) is 11.0. The molecule has 1 N–H and O–H groups in total. The van der Waals surface area contributed by atoms with E-state index in [2.05, 4.69) is 5.32 Å². The summed E-state index contributed by atoms with van der Waals surface area (Å²) in [5.74, 6) is -0.270. The van der Waals surface area contributed by atoms with Crippen LogP contribution in [0.3, 0.4) is 0 Å². The zero-order chi connectivity index (χ0) is 13.9. The average molecular weight is 286 g/mol. The van der Waals surface area contributed by atoms with Crippen LogP contribution in [0.15, 0.2) is 24.3 Å². The molecule has 0 unspecified atom stereocenters. The van der Waals surface area contributed by atoms with Crippen molar-refractivity contribution in [3.63, 3.8) is 0 Å². The molecule has 0 radical (unpaired) electrons. The quantitative estimate of drug-likeness (QED) is 0.823. The number of sulfonamides is 1. The summed E-state index contributed by atoms with van der Waals surface area (Å²) < 4.78 is 38.3. The second-order valence-corrected chi connectivity index (χ2v) is 7.13. The number of hydrogen-bond acceptors (Lipinski definition) is 3. The van der Waals surface area contributed by atoms with E-state index in [0.29, 0.717) is 18.2 Å². The van der Waals surface area contributed by atoms with Crippen molar-refractivity contribution >= 4 is 10.0 Å². The molecular formula is C13H19FN2O2S. The van der Waals surface area contributed by atoms with E-state index in [1.807, 2.05) is 0 Å². The van der Waals surface area contributed by atoms with Crippen molar-refractivity contribution in [2.45, 2.75) is 25.4 Å². The van der Waals surface area contributed by atoms with E-state index in [0.717, 1.165) is 12.8 Å². The molecule has 0 amide bonds. The Balaban J connectivity index is 1.87. The van der Waals surface area contributed by atoms with Gasteiger partial charge < -0.3 is 5.32 Å². The second kappa shape index (κ2) is 5.98. The summed E-state index contributed by atoms with van der Waals surface area (Å²) in [5, 5.41) is 3.17. The highest BCUT2D eigenvalue weighted by atomic mass is 32.2. The maximum Gasteiger partial charge on any atom is 0.215 e. The third kappa shape index (κ3) is 4.56. The summed E-state index contributed by atoms with van der Waals surface area (Å²) in [7, 11) is -1.77. The number of halogens is 1. The minimum absolute atomic E-state index is 0.0787. The van der Waals surface area contributed by atoms with Gasteiger partial charge in [0.05, 0.1) is 5.75 Å². The lowest BCUT2D eigenvalue weighted by atomic mass is 10.2. The summed E-state index contributed by atoms with van der Waals surface area (Å²) in [6.45, 7) is 0.671. The third-order valence-corrected chi connectivity index (χ3v) is 4.94. The van der Waals surface area contributed by atoms with E-state index in [1.165, 1.54) is 23.5 Å². The Kier molecular flexibility index (Phi) is 4.54. The first kappa shape index (κ1) is 14.4. The fourth-order valence-corrected chi connectivity index (χ4v) is 2.86. The van der Waals surface area contributed by atoms with Gasteiger partial charge in [-0.2, -0.15) is 0 Å². The van der Waals surface area contributed by atoms with Gasteiger partial charge in [0, 0.05) is 26.2 Å². The molecule has 0 heterocycles. The number of rotatable bonds is 7. The lowest BCUT2D eigenvalue weighted by Gasteiger charge is -2.17. The Bertz CT molecular complexity index is 529. The summed E-state index contributed by atoms with van der Waals surface area (Å²) in [4.78, 5) is 0. The maximum absolute atomic E-state index is 13.0. The van der Waals surface area contributed by atoms with Crippen LogP contribution in [0.4, 0.5) is 4.39 Å². The van der Waals surface area contributed by atoms with Gasteiger partial charge in [-0.05, 0) is 30.5 Å². The molecule has 1 aromatic rings.